The lowest BCUT2D eigenvalue weighted by Crippen LogP contribution is -2.25. The fourth-order valence-corrected chi connectivity index (χ4v) is 4.42. The van der Waals surface area contributed by atoms with Crippen LogP contribution in [0.1, 0.15) is 20.8 Å². The third-order valence-corrected chi connectivity index (χ3v) is 5.93. The van der Waals surface area contributed by atoms with E-state index < -0.39 is 0 Å². The van der Waals surface area contributed by atoms with Crippen LogP contribution in [0.5, 0.6) is 0 Å². The number of carbonyl (C=O) groups is 1. The van der Waals surface area contributed by atoms with Crippen molar-refractivity contribution in [2.24, 2.45) is 0 Å². The first kappa shape index (κ1) is 19.4. The number of nitriles is 1. The van der Waals surface area contributed by atoms with Crippen LogP contribution in [0, 0.1) is 11.3 Å². The summed E-state index contributed by atoms with van der Waals surface area (Å²) in [5.74, 6) is -0.135. The summed E-state index contributed by atoms with van der Waals surface area (Å²) >= 11 is 1.18. The maximum Gasteiger partial charge on any atom is 0.263 e. The summed E-state index contributed by atoms with van der Waals surface area (Å²) in [6, 6.07) is 21.5. The van der Waals surface area contributed by atoms with Crippen LogP contribution in [0.4, 0.5) is 11.5 Å². The number of thiophene rings is 1. The Balaban J connectivity index is 1.72. The van der Waals surface area contributed by atoms with Crippen molar-refractivity contribution >= 4 is 39.0 Å². The Bertz CT molecular complexity index is 1260. The van der Waals surface area contributed by atoms with Crippen molar-refractivity contribution in [1.82, 2.24) is 10.3 Å². The third-order valence-electron chi connectivity index (χ3n) is 4.83. The van der Waals surface area contributed by atoms with Crippen molar-refractivity contribution in [2.45, 2.75) is 6.42 Å². The Kier molecular flexibility index (Phi) is 5.33. The Morgan fingerprint density at radius 3 is 2.40 bits per heavy atom. The average molecular weight is 414 g/mol. The molecule has 1 amide bonds. The molecule has 0 unspecified atom stereocenters. The molecule has 0 radical (unpaired) electrons. The van der Waals surface area contributed by atoms with Gasteiger partial charge in [-0.3, -0.25) is 4.79 Å². The Morgan fingerprint density at radius 1 is 1.07 bits per heavy atom. The van der Waals surface area contributed by atoms with Crippen molar-refractivity contribution in [2.75, 3.05) is 18.0 Å². The van der Waals surface area contributed by atoms with Crippen LogP contribution >= 0.6 is 11.3 Å². The normalized spacial score (nSPS) is 10.6. The molecule has 2 heterocycles. The van der Waals surface area contributed by atoms with E-state index in [-0.39, 0.29) is 17.3 Å². The summed E-state index contributed by atoms with van der Waals surface area (Å²) in [6.07, 6.45) is 0.719. The number of nitrogens with one attached hydrogen (secondary N) is 1. The number of pyridine rings is 1. The number of rotatable bonds is 5. The van der Waals surface area contributed by atoms with Crippen LogP contribution in [-0.4, -0.2) is 17.4 Å². The number of hydrogen-bond donors (Lipinski definition) is 3. The Morgan fingerprint density at radius 2 is 1.73 bits per heavy atom. The van der Waals surface area contributed by atoms with E-state index in [0.29, 0.717) is 32.9 Å². The molecule has 0 spiro atoms. The molecule has 0 aliphatic carbocycles. The molecule has 0 saturated heterocycles. The van der Waals surface area contributed by atoms with E-state index in [1.807, 2.05) is 60.7 Å². The zero-order chi connectivity index (χ0) is 21.1. The Hall–Kier alpha value is -3.89. The maximum absolute atomic E-state index is 12.8. The number of anilines is 2. The number of benzene rings is 2. The molecular weight excluding hydrogens is 394 g/mol. The quantitative estimate of drug-likeness (QED) is 0.457. The van der Waals surface area contributed by atoms with Crippen molar-refractivity contribution in [1.29, 1.82) is 5.26 Å². The predicted octanol–water partition coefficient (Wildman–Crippen LogP) is 3.97. The van der Waals surface area contributed by atoms with E-state index in [9.17, 15) is 10.1 Å². The number of nitrogens with zero attached hydrogens (tertiary/aromatic N) is 2. The maximum atomic E-state index is 12.8. The number of nitrogens with two attached hydrogens (primary N) is 2. The van der Waals surface area contributed by atoms with Gasteiger partial charge in [-0.25, -0.2) is 4.98 Å². The van der Waals surface area contributed by atoms with Gasteiger partial charge in [-0.15, -0.1) is 11.3 Å². The van der Waals surface area contributed by atoms with Crippen LogP contribution in [0.3, 0.4) is 0 Å². The molecule has 0 bridgehead atoms. The standard InChI is InChI=1S/C23H19N5OS/c24-13-16-17(15-9-5-2-6-10-15)18-19(25)20(30-23(18)28-21(16)26)22(29)27-12-11-14-7-3-1-4-8-14/h1-10H,11-12,25H2,(H2,26,28)(H,27,29). The van der Waals surface area contributed by atoms with Crippen LogP contribution in [0.15, 0.2) is 60.7 Å². The molecule has 4 rings (SSSR count). The second kappa shape index (κ2) is 8.23. The van der Waals surface area contributed by atoms with Gasteiger partial charge in [-0.1, -0.05) is 60.7 Å². The SMILES string of the molecule is N#Cc1c(N)nc2sc(C(=O)NCCc3ccccc3)c(N)c2c1-c1ccccc1. The lowest BCUT2D eigenvalue weighted by molar-refractivity contribution is 0.0959. The van der Waals surface area contributed by atoms with E-state index in [2.05, 4.69) is 16.4 Å². The molecule has 5 N–H and O–H groups in total. The minimum absolute atomic E-state index is 0.126. The molecule has 0 atom stereocenters. The van der Waals surface area contributed by atoms with Gasteiger partial charge in [0.2, 0.25) is 0 Å². The van der Waals surface area contributed by atoms with Gasteiger partial charge in [-0.2, -0.15) is 5.26 Å². The van der Waals surface area contributed by atoms with Crippen molar-refractivity contribution < 1.29 is 4.79 Å². The molecule has 148 valence electrons. The molecule has 6 nitrogen and oxygen atoms in total. The summed E-state index contributed by atoms with van der Waals surface area (Å²) in [5.41, 5.74) is 15.6. The minimum atomic E-state index is -0.262. The van der Waals surface area contributed by atoms with Gasteiger partial charge in [0.1, 0.15) is 27.2 Å². The molecule has 0 aliphatic rings. The number of nitrogen functional groups attached to an aromatic ring is 2. The zero-order valence-electron chi connectivity index (χ0n) is 16.1. The van der Waals surface area contributed by atoms with Gasteiger partial charge in [0.05, 0.1) is 5.69 Å². The first-order chi connectivity index (χ1) is 14.6. The topological polar surface area (TPSA) is 118 Å². The highest BCUT2D eigenvalue weighted by atomic mass is 32.1. The van der Waals surface area contributed by atoms with Crippen LogP contribution in [0.25, 0.3) is 21.3 Å². The highest BCUT2D eigenvalue weighted by Gasteiger charge is 2.24. The molecule has 2 aromatic carbocycles. The van der Waals surface area contributed by atoms with Gasteiger partial charge < -0.3 is 16.8 Å². The Labute approximate surface area is 177 Å². The molecule has 2 aromatic heterocycles. The molecule has 4 aromatic rings. The van der Waals surface area contributed by atoms with Gasteiger partial charge >= 0.3 is 0 Å². The van der Waals surface area contributed by atoms with Gasteiger partial charge in [0, 0.05) is 17.5 Å². The first-order valence-corrected chi connectivity index (χ1v) is 10.2. The fourth-order valence-electron chi connectivity index (χ4n) is 3.39. The van der Waals surface area contributed by atoms with E-state index in [4.69, 9.17) is 11.5 Å². The number of carbonyl (C=O) groups excluding carboxylic acids is 1. The first-order valence-electron chi connectivity index (χ1n) is 9.39. The predicted molar refractivity (Wildman–Crippen MR) is 121 cm³/mol. The molecule has 7 heteroatoms. The molecule has 30 heavy (non-hydrogen) atoms. The summed E-state index contributed by atoms with van der Waals surface area (Å²) < 4.78 is 0. The summed E-state index contributed by atoms with van der Waals surface area (Å²) in [4.78, 5) is 18.1. The van der Waals surface area contributed by atoms with E-state index in [1.54, 1.807) is 0 Å². The van der Waals surface area contributed by atoms with E-state index in [1.165, 1.54) is 11.3 Å². The largest absolute Gasteiger partial charge is 0.397 e. The number of amides is 1. The fraction of sp³-hybridized carbons (Fsp3) is 0.0870. The molecule has 0 aliphatic heterocycles. The lowest BCUT2D eigenvalue weighted by atomic mass is 9.97. The van der Waals surface area contributed by atoms with Crippen molar-refractivity contribution in [3.8, 4) is 17.2 Å². The zero-order valence-corrected chi connectivity index (χ0v) is 16.9. The smallest absolute Gasteiger partial charge is 0.263 e. The van der Waals surface area contributed by atoms with Gasteiger partial charge in [0.15, 0.2) is 0 Å². The van der Waals surface area contributed by atoms with Crippen LogP contribution < -0.4 is 16.8 Å². The van der Waals surface area contributed by atoms with Crippen molar-refractivity contribution in [3.63, 3.8) is 0 Å². The average Bonchev–Trinajstić information content (AvgIpc) is 3.10. The van der Waals surface area contributed by atoms with Gasteiger partial charge in [0.25, 0.3) is 5.91 Å². The molecule has 0 saturated carbocycles. The van der Waals surface area contributed by atoms with Gasteiger partial charge in [-0.05, 0) is 17.5 Å². The number of fused-ring (bicyclic) bond motifs is 1. The van der Waals surface area contributed by atoms with Crippen molar-refractivity contribution in [3.05, 3.63) is 76.7 Å². The summed E-state index contributed by atoms with van der Waals surface area (Å²) in [7, 11) is 0. The molecular formula is C23H19N5OS. The monoisotopic (exact) mass is 413 g/mol. The van der Waals surface area contributed by atoms with Crippen LogP contribution in [0.2, 0.25) is 0 Å². The highest BCUT2D eigenvalue weighted by molar-refractivity contribution is 7.21. The van der Waals surface area contributed by atoms with E-state index in [0.717, 1.165) is 17.5 Å². The number of hydrogen-bond acceptors (Lipinski definition) is 6. The van der Waals surface area contributed by atoms with E-state index >= 15 is 0 Å². The molecule has 0 fully saturated rings. The third kappa shape index (κ3) is 3.56. The lowest BCUT2D eigenvalue weighted by Gasteiger charge is -2.09. The second-order valence-corrected chi connectivity index (χ2v) is 7.74. The summed E-state index contributed by atoms with van der Waals surface area (Å²) in [6.45, 7) is 0.487. The number of aromatic nitrogens is 1. The minimum Gasteiger partial charge on any atom is -0.397 e. The second-order valence-electron chi connectivity index (χ2n) is 6.74. The summed E-state index contributed by atoms with van der Waals surface area (Å²) in [5, 5.41) is 13.2. The highest BCUT2D eigenvalue weighted by Crippen LogP contribution is 2.42. The van der Waals surface area contributed by atoms with Crippen LogP contribution in [-0.2, 0) is 6.42 Å².